The summed E-state index contributed by atoms with van der Waals surface area (Å²) in [4.78, 5) is 19.2. The quantitative estimate of drug-likeness (QED) is 0.876. The Balaban J connectivity index is 2.45. The van der Waals surface area contributed by atoms with E-state index >= 15 is 0 Å². The molecule has 6 heteroatoms. The van der Waals surface area contributed by atoms with E-state index < -0.39 is 5.97 Å². The van der Waals surface area contributed by atoms with Crippen molar-refractivity contribution in [3.63, 3.8) is 0 Å². The van der Waals surface area contributed by atoms with Crippen molar-refractivity contribution in [2.75, 3.05) is 0 Å². The Hall–Kier alpha value is -1.46. The summed E-state index contributed by atoms with van der Waals surface area (Å²) >= 11 is 6.97. The summed E-state index contributed by atoms with van der Waals surface area (Å²) in [5.41, 5.74) is 0.858. The van der Waals surface area contributed by atoms with Crippen LogP contribution in [0.15, 0.2) is 24.7 Å². The number of pyridine rings is 1. The molecule has 2 aromatic rings. The summed E-state index contributed by atoms with van der Waals surface area (Å²) in [6.07, 6.45) is 4.47. The highest BCUT2D eigenvalue weighted by Crippen LogP contribution is 2.28. The highest BCUT2D eigenvalue weighted by molar-refractivity contribution is 7.18. The molecule has 0 aliphatic rings. The summed E-state index contributed by atoms with van der Waals surface area (Å²) in [6, 6.07) is 1.54. The van der Waals surface area contributed by atoms with Gasteiger partial charge in [-0.2, -0.15) is 0 Å². The fourth-order valence-electron chi connectivity index (χ4n) is 1.08. The van der Waals surface area contributed by atoms with Crippen LogP contribution in [0.1, 0.15) is 10.4 Å². The summed E-state index contributed by atoms with van der Waals surface area (Å²) in [7, 11) is 0. The van der Waals surface area contributed by atoms with Crippen LogP contribution in [-0.4, -0.2) is 21.0 Å². The highest BCUT2D eigenvalue weighted by atomic mass is 35.5. The zero-order chi connectivity index (χ0) is 10.8. The van der Waals surface area contributed by atoms with E-state index in [1.807, 2.05) is 0 Å². The zero-order valence-electron chi connectivity index (χ0n) is 7.35. The third-order valence-electron chi connectivity index (χ3n) is 1.75. The van der Waals surface area contributed by atoms with Gasteiger partial charge in [-0.25, -0.2) is 9.78 Å². The third-order valence-corrected chi connectivity index (χ3v) is 2.91. The molecule has 4 nitrogen and oxygen atoms in total. The average Bonchev–Trinajstić information content (AvgIpc) is 2.65. The lowest BCUT2D eigenvalue weighted by atomic mass is 10.2. The average molecular weight is 241 g/mol. The van der Waals surface area contributed by atoms with Gasteiger partial charge in [0.15, 0.2) is 4.47 Å². The molecular weight excluding hydrogens is 236 g/mol. The van der Waals surface area contributed by atoms with Crippen molar-refractivity contribution in [1.29, 1.82) is 0 Å². The SMILES string of the molecule is O=C(O)c1cncc(-c2cnc(Cl)s2)c1. The van der Waals surface area contributed by atoms with E-state index in [0.29, 0.717) is 10.0 Å². The van der Waals surface area contributed by atoms with Gasteiger partial charge in [0.25, 0.3) is 0 Å². The molecule has 0 amide bonds. The van der Waals surface area contributed by atoms with Crippen molar-refractivity contribution in [1.82, 2.24) is 9.97 Å². The molecule has 2 aromatic heterocycles. The van der Waals surface area contributed by atoms with E-state index in [9.17, 15) is 4.79 Å². The number of carboxylic acid groups (broad SMARTS) is 1. The molecule has 1 N–H and O–H groups in total. The maximum absolute atomic E-state index is 10.7. The fourth-order valence-corrected chi connectivity index (χ4v) is 2.00. The Morgan fingerprint density at radius 2 is 2.20 bits per heavy atom. The number of carbonyl (C=O) groups is 1. The van der Waals surface area contributed by atoms with Crippen LogP contribution in [0, 0.1) is 0 Å². The van der Waals surface area contributed by atoms with Gasteiger partial charge >= 0.3 is 5.97 Å². The maximum Gasteiger partial charge on any atom is 0.337 e. The van der Waals surface area contributed by atoms with Gasteiger partial charge in [0.2, 0.25) is 0 Å². The van der Waals surface area contributed by atoms with Crippen molar-refractivity contribution in [2.45, 2.75) is 0 Å². The number of carboxylic acids is 1. The molecule has 0 atom stereocenters. The first-order valence-electron chi connectivity index (χ1n) is 3.97. The standard InChI is InChI=1S/C9H5ClN2O2S/c10-9-12-4-7(15-9)5-1-6(8(13)14)3-11-2-5/h1-4H,(H,13,14). The molecule has 2 rings (SSSR count). The number of aromatic carboxylic acids is 1. The second kappa shape index (κ2) is 3.96. The second-order valence-corrected chi connectivity index (χ2v) is 4.36. The number of hydrogen-bond donors (Lipinski definition) is 1. The molecule has 0 spiro atoms. The van der Waals surface area contributed by atoms with Crippen LogP contribution in [0.4, 0.5) is 0 Å². The second-order valence-electron chi connectivity index (χ2n) is 2.74. The number of nitrogens with zero attached hydrogens (tertiary/aromatic N) is 2. The van der Waals surface area contributed by atoms with E-state index in [0.717, 1.165) is 4.88 Å². The van der Waals surface area contributed by atoms with Gasteiger partial charge in [0.05, 0.1) is 10.4 Å². The van der Waals surface area contributed by atoms with Gasteiger partial charge in [0.1, 0.15) is 0 Å². The lowest BCUT2D eigenvalue weighted by Crippen LogP contribution is -1.96. The largest absolute Gasteiger partial charge is 0.478 e. The van der Waals surface area contributed by atoms with E-state index in [-0.39, 0.29) is 5.56 Å². The zero-order valence-corrected chi connectivity index (χ0v) is 8.92. The van der Waals surface area contributed by atoms with Gasteiger partial charge < -0.3 is 5.11 Å². The molecule has 15 heavy (non-hydrogen) atoms. The number of hydrogen-bond acceptors (Lipinski definition) is 4. The first-order chi connectivity index (χ1) is 7.16. The topological polar surface area (TPSA) is 63.1 Å². The van der Waals surface area contributed by atoms with Gasteiger partial charge in [-0.1, -0.05) is 11.6 Å². The molecule has 0 aliphatic carbocycles. The monoisotopic (exact) mass is 240 g/mol. The minimum absolute atomic E-state index is 0.150. The lowest BCUT2D eigenvalue weighted by molar-refractivity contribution is 0.0696. The first-order valence-corrected chi connectivity index (χ1v) is 5.16. The number of rotatable bonds is 2. The third kappa shape index (κ3) is 2.14. The minimum atomic E-state index is -1.00. The van der Waals surface area contributed by atoms with Crippen molar-refractivity contribution >= 4 is 28.9 Å². The molecule has 0 unspecified atom stereocenters. The number of thiazole rings is 1. The van der Waals surface area contributed by atoms with Crippen LogP contribution < -0.4 is 0 Å². The van der Waals surface area contributed by atoms with Crippen LogP contribution in [0.2, 0.25) is 4.47 Å². The summed E-state index contributed by atoms with van der Waals surface area (Å²) < 4.78 is 0.422. The number of aromatic nitrogens is 2. The van der Waals surface area contributed by atoms with Crippen molar-refractivity contribution < 1.29 is 9.90 Å². The van der Waals surface area contributed by atoms with Gasteiger partial charge in [-0.15, -0.1) is 11.3 Å². The maximum atomic E-state index is 10.7. The van der Waals surface area contributed by atoms with Gasteiger partial charge in [-0.3, -0.25) is 4.98 Å². The molecule has 0 fully saturated rings. The molecule has 2 heterocycles. The first kappa shape index (κ1) is 10.1. The summed E-state index contributed by atoms with van der Waals surface area (Å²) in [6.45, 7) is 0. The van der Waals surface area contributed by atoms with E-state index in [1.54, 1.807) is 18.5 Å². The van der Waals surface area contributed by atoms with E-state index in [1.165, 1.54) is 17.5 Å². The molecule has 0 saturated carbocycles. The Morgan fingerprint density at radius 3 is 2.80 bits per heavy atom. The Bertz CT molecular complexity index is 512. The number of halogens is 1. The van der Waals surface area contributed by atoms with Crippen molar-refractivity contribution in [2.24, 2.45) is 0 Å². The Labute approximate surface area is 94.2 Å². The molecule has 0 aromatic carbocycles. The lowest BCUT2D eigenvalue weighted by Gasteiger charge is -1.97. The van der Waals surface area contributed by atoms with Gasteiger partial charge in [0, 0.05) is 24.2 Å². The predicted octanol–water partition coefficient (Wildman–Crippen LogP) is 2.56. The molecule has 0 bridgehead atoms. The molecule has 0 radical (unpaired) electrons. The van der Waals surface area contributed by atoms with Crippen LogP contribution in [0.3, 0.4) is 0 Å². The van der Waals surface area contributed by atoms with Crippen LogP contribution >= 0.6 is 22.9 Å². The predicted molar refractivity (Wildman–Crippen MR) is 57.3 cm³/mol. The minimum Gasteiger partial charge on any atom is -0.478 e. The van der Waals surface area contributed by atoms with Crippen LogP contribution in [-0.2, 0) is 0 Å². The molecule has 76 valence electrons. The Morgan fingerprint density at radius 1 is 1.40 bits per heavy atom. The van der Waals surface area contributed by atoms with Crippen molar-refractivity contribution in [3.8, 4) is 10.4 Å². The smallest absolute Gasteiger partial charge is 0.337 e. The van der Waals surface area contributed by atoms with Gasteiger partial charge in [-0.05, 0) is 6.07 Å². The normalized spacial score (nSPS) is 10.2. The van der Waals surface area contributed by atoms with Crippen LogP contribution in [0.25, 0.3) is 10.4 Å². The Kier molecular flexibility index (Phi) is 2.66. The van der Waals surface area contributed by atoms with Crippen LogP contribution in [0.5, 0.6) is 0 Å². The molecule has 0 aliphatic heterocycles. The summed E-state index contributed by atoms with van der Waals surface area (Å²) in [5, 5.41) is 8.78. The van der Waals surface area contributed by atoms with E-state index in [4.69, 9.17) is 16.7 Å². The molecular formula is C9H5ClN2O2S. The van der Waals surface area contributed by atoms with Crippen molar-refractivity contribution in [3.05, 3.63) is 34.7 Å². The van der Waals surface area contributed by atoms with E-state index in [2.05, 4.69) is 9.97 Å². The molecule has 0 saturated heterocycles. The fraction of sp³-hybridized carbons (Fsp3) is 0. The highest BCUT2D eigenvalue weighted by Gasteiger charge is 2.07. The summed E-state index contributed by atoms with van der Waals surface area (Å²) in [5.74, 6) is -1.00.